The molecule has 0 saturated heterocycles. The first-order valence-electron chi connectivity index (χ1n) is 5.59. The molecule has 1 aromatic carbocycles. The van der Waals surface area contributed by atoms with Gasteiger partial charge >= 0.3 is 0 Å². The van der Waals surface area contributed by atoms with Crippen LogP contribution in [0.4, 0.5) is 0 Å². The van der Waals surface area contributed by atoms with E-state index < -0.39 is 0 Å². The summed E-state index contributed by atoms with van der Waals surface area (Å²) < 4.78 is 0. The van der Waals surface area contributed by atoms with Crippen molar-refractivity contribution in [3.63, 3.8) is 0 Å². The van der Waals surface area contributed by atoms with Gasteiger partial charge in [-0.25, -0.2) is 15.0 Å². The van der Waals surface area contributed by atoms with E-state index in [-0.39, 0.29) is 0 Å². The summed E-state index contributed by atoms with van der Waals surface area (Å²) in [5, 5.41) is 11.6. The number of hydrogen-bond acceptors (Lipinski definition) is 5. The lowest BCUT2D eigenvalue weighted by Crippen LogP contribution is -1.84. The van der Waals surface area contributed by atoms with Crippen molar-refractivity contribution in [3.8, 4) is 28.0 Å². The molecular weight excluding hydrogens is 256 g/mol. The molecule has 0 fully saturated rings. The van der Waals surface area contributed by atoms with E-state index in [0.29, 0.717) is 5.56 Å². The maximum Gasteiger partial charge on any atom is 0.142 e. The number of benzene rings is 1. The summed E-state index contributed by atoms with van der Waals surface area (Å²) in [5.74, 6) is 0. The number of nitriles is 1. The number of aromatic nitrogens is 3. The van der Waals surface area contributed by atoms with Gasteiger partial charge in [0.05, 0.1) is 17.3 Å². The summed E-state index contributed by atoms with van der Waals surface area (Å²) in [4.78, 5) is 12.6. The summed E-state index contributed by atoms with van der Waals surface area (Å²) in [5.41, 5.74) is 3.36. The molecular formula is C14H8N4S. The third-order valence-corrected chi connectivity index (χ3v) is 3.48. The Hall–Kier alpha value is -2.58. The van der Waals surface area contributed by atoms with Crippen LogP contribution in [0.2, 0.25) is 0 Å². The zero-order valence-corrected chi connectivity index (χ0v) is 10.6. The predicted molar refractivity (Wildman–Crippen MR) is 73.3 cm³/mol. The second-order valence-electron chi connectivity index (χ2n) is 3.82. The fourth-order valence-electron chi connectivity index (χ4n) is 1.66. The standard InChI is InChI=1S/C14H8N4S/c15-7-10-1-3-11(4-2-10)13-8-19-14(18-13)12-5-6-16-9-17-12/h1-6,8-9H. The van der Waals surface area contributed by atoms with E-state index in [1.165, 1.54) is 6.33 Å². The zero-order chi connectivity index (χ0) is 13.1. The van der Waals surface area contributed by atoms with Crippen LogP contribution >= 0.6 is 11.3 Å². The highest BCUT2D eigenvalue weighted by molar-refractivity contribution is 7.13. The third-order valence-electron chi connectivity index (χ3n) is 2.62. The van der Waals surface area contributed by atoms with E-state index in [1.807, 2.05) is 23.6 Å². The molecule has 3 rings (SSSR count). The first-order valence-corrected chi connectivity index (χ1v) is 6.47. The van der Waals surface area contributed by atoms with Crippen LogP contribution in [0.1, 0.15) is 5.56 Å². The lowest BCUT2D eigenvalue weighted by atomic mass is 10.1. The van der Waals surface area contributed by atoms with Crippen molar-refractivity contribution in [1.82, 2.24) is 15.0 Å². The van der Waals surface area contributed by atoms with Crippen LogP contribution in [0, 0.1) is 11.3 Å². The Balaban J connectivity index is 1.95. The molecule has 0 bridgehead atoms. The molecule has 2 heterocycles. The van der Waals surface area contributed by atoms with E-state index >= 15 is 0 Å². The SMILES string of the molecule is N#Cc1ccc(-c2csc(-c3ccncn3)n2)cc1. The maximum absolute atomic E-state index is 8.77. The normalized spacial score (nSPS) is 10.1. The van der Waals surface area contributed by atoms with Crippen molar-refractivity contribution in [3.05, 3.63) is 53.8 Å². The highest BCUT2D eigenvalue weighted by atomic mass is 32.1. The zero-order valence-electron chi connectivity index (χ0n) is 9.82. The van der Waals surface area contributed by atoms with Gasteiger partial charge in [-0.2, -0.15) is 5.26 Å². The van der Waals surface area contributed by atoms with Gasteiger partial charge in [0.1, 0.15) is 17.0 Å². The summed E-state index contributed by atoms with van der Waals surface area (Å²) in [6.45, 7) is 0. The summed E-state index contributed by atoms with van der Waals surface area (Å²) >= 11 is 1.54. The molecule has 0 spiro atoms. The molecule has 5 heteroatoms. The molecule has 0 aliphatic carbocycles. The van der Waals surface area contributed by atoms with Gasteiger partial charge in [0.15, 0.2) is 0 Å². The predicted octanol–water partition coefficient (Wildman–Crippen LogP) is 3.14. The van der Waals surface area contributed by atoms with Crippen molar-refractivity contribution in [2.75, 3.05) is 0 Å². The maximum atomic E-state index is 8.77. The fourth-order valence-corrected chi connectivity index (χ4v) is 2.46. The van der Waals surface area contributed by atoms with Gasteiger partial charge in [0.2, 0.25) is 0 Å². The molecule has 0 atom stereocenters. The number of nitrogens with zero attached hydrogens (tertiary/aromatic N) is 4. The van der Waals surface area contributed by atoms with Gasteiger partial charge in [0, 0.05) is 17.1 Å². The molecule has 0 radical (unpaired) electrons. The minimum absolute atomic E-state index is 0.648. The Labute approximate surface area is 114 Å². The summed E-state index contributed by atoms with van der Waals surface area (Å²) in [6, 6.07) is 11.3. The molecule has 90 valence electrons. The second kappa shape index (κ2) is 4.96. The van der Waals surface area contributed by atoms with Crippen molar-refractivity contribution >= 4 is 11.3 Å². The quantitative estimate of drug-likeness (QED) is 0.713. The highest BCUT2D eigenvalue weighted by Gasteiger charge is 2.07. The monoisotopic (exact) mass is 264 g/mol. The molecule has 0 aliphatic rings. The fraction of sp³-hybridized carbons (Fsp3) is 0. The van der Waals surface area contributed by atoms with E-state index in [1.54, 1.807) is 29.7 Å². The van der Waals surface area contributed by atoms with E-state index in [4.69, 9.17) is 5.26 Å². The largest absolute Gasteiger partial charge is 0.245 e. The van der Waals surface area contributed by atoms with E-state index in [9.17, 15) is 0 Å². The smallest absolute Gasteiger partial charge is 0.142 e. The lowest BCUT2D eigenvalue weighted by Gasteiger charge is -1.96. The molecule has 0 amide bonds. The number of rotatable bonds is 2. The molecule has 0 aliphatic heterocycles. The van der Waals surface area contributed by atoms with Crippen LogP contribution in [0.15, 0.2) is 48.2 Å². The Morgan fingerprint density at radius 1 is 1.05 bits per heavy atom. The number of hydrogen-bond donors (Lipinski definition) is 0. The van der Waals surface area contributed by atoms with Gasteiger partial charge < -0.3 is 0 Å². The van der Waals surface area contributed by atoms with Crippen LogP contribution in [0.5, 0.6) is 0 Å². The topological polar surface area (TPSA) is 62.5 Å². The molecule has 0 N–H and O–H groups in total. The molecule has 4 nitrogen and oxygen atoms in total. The Morgan fingerprint density at radius 2 is 1.89 bits per heavy atom. The van der Waals surface area contributed by atoms with Gasteiger partial charge in [-0.05, 0) is 18.2 Å². The van der Waals surface area contributed by atoms with Crippen molar-refractivity contribution < 1.29 is 0 Å². The molecule has 3 aromatic rings. The number of thiazole rings is 1. The Kier molecular flexibility index (Phi) is 3.01. The van der Waals surface area contributed by atoms with Gasteiger partial charge in [-0.3, -0.25) is 0 Å². The second-order valence-corrected chi connectivity index (χ2v) is 4.68. The van der Waals surface area contributed by atoms with Crippen LogP contribution in [-0.2, 0) is 0 Å². The van der Waals surface area contributed by atoms with Gasteiger partial charge in [-0.1, -0.05) is 12.1 Å². The third kappa shape index (κ3) is 2.34. The Bertz CT molecular complexity index is 726. The van der Waals surface area contributed by atoms with E-state index in [0.717, 1.165) is 22.0 Å². The van der Waals surface area contributed by atoms with Crippen LogP contribution in [-0.4, -0.2) is 15.0 Å². The van der Waals surface area contributed by atoms with Crippen molar-refractivity contribution in [2.45, 2.75) is 0 Å². The van der Waals surface area contributed by atoms with Crippen LogP contribution < -0.4 is 0 Å². The highest BCUT2D eigenvalue weighted by Crippen LogP contribution is 2.27. The molecule has 0 unspecified atom stereocenters. The summed E-state index contributed by atoms with van der Waals surface area (Å²) in [6.07, 6.45) is 3.21. The minimum atomic E-state index is 0.648. The Morgan fingerprint density at radius 3 is 2.58 bits per heavy atom. The molecule has 2 aromatic heterocycles. The van der Waals surface area contributed by atoms with Gasteiger partial charge in [-0.15, -0.1) is 11.3 Å². The lowest BCUT2D eigenvalue weighted by molar-refractivity contribution is 1.16. The van der Waals surface area contributed by atoms with Crippen molar-refractivity contribution in [1.29, 1.82) is 5.26 Å². The summed E-state index contributed by atoms with van der Waals surface area (Å²) in [7, 11) is 0. The molecule has 0 saturated carbocycles. The van der Waals surface area contributed by atoms with Gasteiger partial charge in [0.25, 0.3) is 0 Å². The first kappa shape index (κ1) is 11.5. The van der Waals surface area contributed by atoms with Crippen LogP contribution in [0.3, 0.4) is 0 Å². The van der Waals surface area contributed by atoms with Crippen molar-refractivity contribution in [2.24, 2.45) is 0 Å². The van der Waals surface area contributed by atoms with Crippen LogP contribution in [0.25, 0.3) is 22.0 Å². The average Bonchev–Trinajstić information content (AvgIpc) is 2.98. The average molecular weight is 264 g/mol. The molecule has 19 heavy (non-hydrogen) atoms. The van der Waals surface area contributed by atoms with E-state index in [2.05, 4.69) is 21.0 Å². The first-order chi connectivity index (χ1) is 9.36. The minimum Gasteiger partial charge on any atom is -0.245 e.